The molecule has 0 amide bonds. The molecule has 2 aromatic rings. The molecule has 0 aliphatic carbocycles. The van der Waals surface area contributed by atoms with Crippen LogP contribution in [-0.2, 0) is 10.2 Å². The Morgan fingerprint density at radius 1 is 1.19 bits per heavy atom. The Balaban J connectivity index is 1.76. The maximum absolute atomic E-state index is 6.47. The highest BCUT2D eigenvalue weighted by atomic mass is 35.5. The van der Waals surface area contributed by atoms with Gasteiger partial charge in [-0.25, -0.2) is 0 Å². The van der Waals surface area contributed by atoms with E-state index in [9.17, 15) is 0 Å². The van der Waals surface area contributed by atoms with E-state index in [1.807, 2.05) is 42.5 Å². The standard InChI is InChI=1S/C20H24ClN3O2/c1-25-16-8-6-15(7-9-16)24-19(22)23-14-20(10-12-26-13-11-20)17-4-2-3-5-18(17)21/h2-9H,10-14H2,1H3,(H3,22,23,24). The molecule has 3 rings (SSSR count). The molecule has 1 aliphatic rings. The molecule has 0 unspecified atom stereocenters. The predicted octanol–water partition coefficient (Wildman–Crippen LogP) is 3.82. The molecule has 5 nitrogen and oxygen atoms in total. The number of anilines is 1. The van der Waals surface area contributed by atoms with Crippen LogP contribution in [0.15, 0.2) is 53.5 Å². The highest BCUT2D eigenvalue weighted by Crippen LogP contribution is 2.38. The summed E-state index contributed by atoms with van der Waals surface area (Å²) in [7, 11) is 1.64. The topological polar surface area (TPSA) is 68.9 Å². The number of rotatable bonds is 5. The van der Waals surface area contributed by atoms with Crippen molar-refractivity contribution in [2.24, 2.45) is 10.7 Å². The average molecular weight is 374 g/mol. The lowest BCUT2D eigenvalue weighted by Gasteiger charge is -2.37. The largest absolute Gasteiger partial charge is 0.497 e. The second-order valence-corrected chi connectivity index (χ2v) is 6.83. The summed E-state index contributed by atoms with van der Waals surface area (Å²) >= 11 is 6.47. The Hall–Kier alpha value is -2.24. The number of guanidine groups is 1. The van der Waals surface area contributed by atoms with Gasteiger partial charge >= 0.3 is 0 Å². The molecule has 0 aromatic heterocycles. The van der Waals surface area contributed by atoms with Gasteiger partial charge in [-0.05, 0) is 48.7 Å². The van der Waals surface area contributed by atoms with Crippen molar-refractivity contribution in [3.8, 4) is 5.75 Å². The number of methoxy groups -OCH3 is 1. The average Bonchev–Trinajstić information content (AvgIpc) is 2.68. The minimum Gasteiger partial charge on any atom is -0.497 e. The molecular weight excluding hydrogens is 350 g/mol. The number of hydrogen-bond acceptors (Lipinski definition) is 3. The molecule has 1 heterocycles. The van der Waals surface area contributed by atoms with Crippen LogP contribution >= 0.6 is 11.6 Å². The van der Waals surface area contributed by atoms with Gasteiger partial charge in [0.15, 0.2) is 5.96 Å². The third kappa shape index (κ3) is 4.29. The Morgan fingerprint density at radius 2 is 1.88 bits per heavy atom. The molecule has 1 saturated heterocycles. The van der Waals surface area contributed by atoms with E-state index in [0.717, 1.165) is 34.9 Å². The van der Waals surface area contributed by atoms with Crippen molar-refractivity contribution in [3.05, 3.63) is 59.1 Å². The molecule has 138 valence electrons. The van der Waals surface area contributed by atoms with Gasteiger partial charge in [0, 0.05) is 29.3 Å². The van der Waals surface area contributed by atoms with Crippen molar-refractivity contribution < 1.29 is 9.47 Å². The Bertz CT molecular complexity index is 756. The van der Waals surface area contributed by atoms with Gasteiger partial charge in [-0.1, -0.05) is 29.8 Å². The van der Waals surface area contributed by atoms with Crippen molar-refractivity contribution in [2.75, 3.05) is 32.2 Å². The quantitative estimate of drug-likeness (QED) is 0.617. The lowest BCUT2D eigenvalue weighted by atomic mass is 9.74. The van der Waals surface area contributed by atoms with Gasteiger partial charge in [-0.2, -0.15) is 0 Å². The zero-order valence-electron chi connectivity index (χ0n) is 14.9. The Kier molecular flexibility index (Phi) is 6.01. The van der Waals surface area contributed by atoms with Crippen molar-refractivity contribution in [1.82, 2.24) is 0 Å². The van der Waals surface area contributed by atoms with Gasteiger partial charge in [0.1, 0.15) is 5.75 Å². The molecule has 1 aliphatic heterocycles. The summed E-state index contributed by atoms with van der Waals surface area (Å²) < 4.78 is 10.7. The number of aliphatic imine (C=N–C) groups is 1. The molecule has 0 spiro atoms. The van der Waals surface area contributed by atoms with E-state index >= 15 is 0 Å². The van der Waals surface area contributed by atoms with Crippen LogP contribution in [-0.4, -0.2) is 32.8 Å². The van der Waals surface area contributed by atoms with E-state index in [2.05, 4.69) is 16.4 Å². The summed E-state index contributed by atoms with van der Waals surface area (Å²) in [6.07, 6.45) is 1.74. The van der Waals surface area contributed by atoms with Gasteiger partial charge in [-0.15, -0.1) is 0 Å². The van der Waals surface area contributed by atoms with E-state index in [4.69, 9.17) is 26.8 Å². The third-order valence-corrected chi connectivity index (χ3v) is 5.14. The molecule has 0 radical (unpaired) electrons. The molecule has 26 heavy (non-hydrogen) atoms. The van der Waals surface area contributed by atoms with Crippen LogP contribution in [0.2, 0.25) is 5.02 Å². The van der Waals surface area contributed by atoms with Gasteiger partial charge in [0.05, 0.1) is 13.7 Å². The van der Waals surface area contributed by atoms with Crippen LogP contribution in [0.5, 0.6) is 5.75 Å². The van der Waals surface area contributed by atoms with Crippen LogP contribution in [0, 0.1) is 0 Å². The predicted molar refractivity (Wildman–Crippen MR) is 106 cm³/mol. The number of nitrogens with zero attached hydrogens (tertiary/aromatic N) is 1. The van der Waals surface area contributed by atoms with Crippen LogP contribution in [0.3, 0.4) is 0 Å². The number of benzene rings is 2. The van der Waals surface area contributed by atoms with Crippen LogP contribution in [0.4, 0.5) is 5.69 Å². The fourth-order valence-corrected chi connectivity index (χ4v) is 3.60. The lowest BCUT2D eigenvalue weighted by molar-refractivity contribution is 0.0532. The maximum Gasteiger partial charge on any atom is 0.193 e. The monoisotopic (exact) mass is 373 g/mol. The summed E-state index contributed by atoms with van der Waals surface area (Å²) in [6, 6.07) is 15.5. The first-order valence-corrected chi connectivity index (χ1v) is 9.04. The van der Waals surface area contributed by atoms with E-state index in [0.29, 0.717) is 25.7 Å². The smallest absolute Gasteiger partial charge is 0.193 e. The highest BCUT2D eigenvalue weighted by Gasteiger charge is 2.35. The first kappa shape index (κ1) is 18.5. The number of nitrogens with two attached hydrogens (primary N) is 1. The zero-order valence-corrected chi connectivity index (χ0v) is 15.6. The number of hydrogen-bond donors (Lipinski definition) is 2. The second-order valence-electron chi connectivity index (χ2n) is 6.43. The van der Waals surface area contributed by atoms with Gasteiger partial charge in [0.25, 0.3) is 0 Å². The van der Waals surface area contributed by atoms with Crippen molar-refractivity contribution in [2.45, 2.75) is 18.3 Å². The van der Waals surface area contributed by atoms with Crippen LogP contribution in [0.25, 0.3) is 0 Å². The van der Waals surface area contributed by atoms with Gasteiger partial charge in [0.2, 0.25) is 0 Å². The molecule has 2 aromatic carbocycles. The maximum atomic E-state index is 6.47. The number of nitrogens with one attached hydrogen (secondary N) is 1. The van der Waals surface area contributed by atoms with E-state index in [1.165, 1.54) is 0 Å². The summed E-state index contributed by atoms with van der Waals surface area (Å²) in [5.74, 6) is 1.18. The number of halogens is 1. The fraction of sp³-hybridized carbons (Fsp3) is 0.350. The minimum atomic E-state index is -0.150. The molecule has 0 atom stereocenters. The summed E-state index contributed by atoms with van der Waals surface area (Å²) in [4.78, 5) is 4.61. The van der Waals surface area contributed by atoms with Gasteiger partial charge in [-0.3, -0.25) is 4.99 Å². The second kappa shape index (κ2) is 8.43. The zero-order chi connectivity index (χ0) is 18.4. The third-order valence-electron chi connectivity index (χ3n) is 4.81. The van der Waals surface area contributed by atoms with Crippen LogP contribution in [0.1, 0.15) is 18.4 Å². The SMILES string of the molecule is COc1ccc(NC(N)=NCC2(c3ccccc3Cl)CCOCC2)cc1. The minimum absolute atomic E-state index is 0.150. The molecule has 3 N–H and O–H groups in total. The van der Waals surface area contributed by atoms with E-state index in [1.54, 1.807) is 7.11 Å². The fourth-order valence-electron chi connectivity index (χ4n) is 3.26. The first-order valence-electron chi connectivity index (χ1n) is 8.67. The first-order chi connectivity index (χ1) is 12.6. The van der Waals surface area contributed by atoms with Gasteiger partial charge < -0.3 is 20.5 Å². The molecule has 0 bridgehead atoms. The van der Waals surface area contributed by atoms with E-state index in [-0.39, 0.29) is 5.41 Å². The summed E-state index contributed by atoms with van der Waals surface area (Å²) in [5.41, 5.74) is 7.95. The summed E-state index contributed by atoms with van der Waals surface area (Å²) in [5, 5.41) is 3.89. The summed E-state index contributed by atoms with van der Waals surface area (Å²) in [6.45, 7) is 1.97. The molecule has 6 heteroatoms. The molecule has 0 saturated carbocycles. The van der Waals surface area contributed by atoms with Crippen molar-refractivity contribution in [1.29, 1.82) is 0 Å². The van der Waals surface area contributed by atoms with E-state index < -0.39 is 0 Å². The van der Waals surface area contributed by atoms with Crippen LogP contribution < -0.4 is 15.8 Å². The van der Waals surface area contributed by atoms with Crippen molar-refractivity contribution >= 4 is 23.2 Å². The molecular formula is C20H24ClN3O2. The lowest BCUT2D eigenvalue weighted by Crippen LogP contribution is -2.38. The highest BCUT2D eigenvalue weighted by molar-refractivity contribution is 6.31. The number of ether oxygens (including phenoxy) is 2. The normalized spacial score (nSPS) is 16.9. The Labute approximate surface area is 159 Å². The Morgan fingerprint density at radius 3 is 2.54 bits per heavy atom. The molecule has 1 fully saturated rings. The van der Waals surface area contributed by atoms with Crippen molar-refractivity contribution in [3.63, 3.8) is 0 Å².